The summed E-state index contributed by atoms with van der Waals surface area (Å²) in [5.74, 6) is 1.04. The van der Waals surface area contributed by atoms with Gasteiger partial charge in [0.2, 0.25) is 11.8 Å². The van der Waals surface area contributed by atoms with Gasteiger partial charge >= 0.3 is 0 Å². The molecule has 2 amide bonds. The molecule has 0 aromatic carbocycles. The molecular weight excluding hydrogens is 296 g/mol. The molecule has 0 radical (unpaired) electrons. The Morgan fingerprint density at radius 2 is 2.26 bits per heavy atom. The van der Waals surface area contributed by atoms with Crippen molar-refractivity contribution in [1.29, 1.82) is 0 Å². The van der Waals surface area contributed by atoms with Crippen molar-refractivity contribution >= 4 is 11.8 Å². The van der Waals surface area contributed by atoms with Gasteiger partial charge < -0.3 is 19.5 Å². The number of rotatable bonds is 6. The van der Waals surface area contributed by atoms with Crippen molar-refractivity contribution in [1.82, 2.24) is 19.8 Å². The Balaban J connectivity index is 1.80. The van der Waals surface area contributed by atoms with Crippen molar-refractivity contribution in [3.63, 3.8) is 0 Å². The number of aryl methyl sites for hydroxylation is 1. The van der Waals surface area contributed by atoms with Gasteiger partial charge in [0.15, 0.2) is 0 Å². The fourth-order valence-electron chi connectivity index (χ4n) is 3.07. The van der Waals surface area contributed by atoms with Gasteiger partial charge in [-0.15, -0.1) is 0 Å². The Kier molecular flexibility index (Phi) is 6.15. The molecule has 0 bridgehead atoms. The molecule has 1 fully saturated rings. The Labute approximate surface area is 137 Å². The highest BCUT2D eigenvalue weighted by Crippen LogP contribution is 2.22. The molecule has 0 unspecified atom stereocenters. The molecule has 1 aliphatic heterocycles. The van der Waals surface area contributed by atoms with E-state index in [0.29, 0.717) is 32.6 Å². The second-order valence-electron chi connectivity index (χ2n) is 6.01. The van der Waals surface area contributed by atoms with E-state index in [4.69, 9.17) is 4.74 Å². The molecular formula is C16H26N4O3. The third-order valence-corrected chi connectivity index (χ3v) is 4.46. The maximum Gasteiger partial charge on any atom is 0.220 e. The van der Waals surface area contributed by atoms with Gasteiger partial charge in [0.25, 0.3) is 0 Å². The third-order valence-electron chi connectivity index (χ3n) is 4.46. The molecule has 2 rings (SSSR count). The number of ether oxygens (including phenoxy) is 1. The van der Waals surface area contributed by atoms with Crippen molar-refractivity contribution in [3.05, 3.63) is 18.2 Å². The van der Waals surface area contributed by atoms with Gasteiger partial charge in [-0.25, -0.2) is 4.98 Å². The average molecular weight is 322 g/mol. The van der Waals surface area contributed by atoms with Gasteiger partial charge in [0.05, 0.1) is 6.10 Å². The maximum atomic E-state index is 12.2. The number of carbonyl (C=O) groups is 2. The van der Waals surface area contributed by atoms with Crippen LogP contribution in [-0.4, -0.2) is 59.1 Å². The molecule has 1 aromatic rings. The molecule has 0 spiro atoms. The van der Waals surface area contributed by atoms with Crippen molar-refractivity contribution in [2.75, 3.05) is 26.7 Å². The molecule has 2 heterocycles. The zero-order valence-corrected chi connectivity index (χ0v) is 14.1. The van der Waals surface area contributed by atoms with Crippen LogP contribution in [0.15, 0.2) is 12.4 Å². The van der Waals surface area contributed by atoms with Crippen molar-refractivity contribution in [2.45, 2.75) is 39.3 Å². The topological polar surface area (TPSA) is 76.5 Å². The van der Waals surface area contributed by atoms with Gasteiger partial charge in [0, 0.05) is 64.9 Å². The van der Waals surface area contributed by atoms with E-state index in [1.807, 2.05) is 17.7 Å². The molecule has 1 saturated heterocycles. The normalized spacial score (nSPS) is 21.3. The van der Waals surface area contributed by atoms with Crippen LogP contribution in [0.5, 0.6) is 0 Å². The number of nitrogens with one attached hydrogen (secondary N) is 1. The predicted octanol–water partition coefficient (Wildman–Crippen LogP) is 0.581. The standard InChI is InChI=1S/C16H26N4O3/c1-12-17-5-8-19(12)9-6-18-16(22)10-14-11-20(13(2)21)7-4-15(14)23-3/h5,8,14-15H,4,6-7,9-11H2,1-3H3,(H,18,22)/t14-,15-/m1/s1. The molecule has 128 valence electrons. The van der Waals surface area contributed by atoms with Crippen LogP contribution in [-0.2, 0) is 20.9 Å². The number of amides is 2. The lowest BCUT2D eigenvalue weighted by molar-refractivity contribution is -0.135. The minimum atomic E-state index is 0.000204. The van der Waals surface area contributed by atoms with E-state index in [0.717, 1.165) is 12.2 Å². The summed E-state index contributed by atoms with van der Waals surface area (Å²) in [6.45, 7) is 6.06. The van der Waals surface area contributed by atoms with Crippen LogP contribution in [0, 0.1) is 12.8 Å². The first-order valence-electron chi connectivity index (χ1n) is 8.04. The van der Waals surface area contributed by atoms with Crippen LogP contribution in [0.4, 0.5) is 0 Å². The smallest absolute Gasteiger partial charge is 0.220 e. The summed E-state index contributed by atoms with van der Waals surface area (Å²) in [5.41, 5.74) is 0. The molecule has 7 heteroatoms. The molecule has 7 nitrogen and oxygen atoms in total. The summed E-state index contributed by atoms with van der Waals surface area (Å²) < 4.78 is 7.48. The van der Waals surface area contributed by atoms with Gasteiger partial charge in [0.1, 0.15) is 5.82 Å². The predicted molar refractivity (Wildman–Crippen MR) is 85.7 cm³/mol. The van der Waals surface area contributed by atoms with Crippen LogP contribution in [0.3, 0.4) is 0 Å². The number of piperidine rings is 1. The summed E-state index contributed by atoms with van der Waals surface area (Å²) in [6.07, 6.45) is 4.84. The second-order valence-corrected chi connectivity index (χ2v) is 6.01. The van der Waals surface area contributed by atoms with Gasteiger partial charge in [-0.3, -0.25) is 9.59 Å². The van der Waals surface area contributed by atoms with Gasteiger partial charge in [-0.2, -0.15) is 0 Å². The highest BCUT2D eigenvalue weighted by molar-refractivity contribution is 5.76. The number of methoxy groups -OCH3 is 1. The largest absolute Gasteiger partial charge is 0.381 e. The molecule has 1 aromatic heterocycles. The van der Waals surface area contributed by atoms with Crippen LogP contribution in [0.25, 0.3) is 0 Å². The van der Waals surface area contributed by atoms with E-state index < -0.39 is 0 Å². The lowest BCUT2D eigenvalue weighted by atomic mass is 9.91. The SMILES string of the molecule is CO[C@@H]1CCN(C(C)=O)C[C@H]1CC(=O)NCCn1ccnc1C. The van der Waals surface area contributed by atoms with Crippen molar-refractivity contribution in [2.24, 2.45) is 5.92 Å². The number of hydrogen-bond acceptors (Lipinski definition) is 4. The van der Waals surface area contributed by atoms with Gasteiger partial charge in [-0.1, -0.05) is 0 Å². The Hall–Kier alpha value is -1.89. The quantitative estimate of drug-likeness (QED) is 0.831. The van der Waals surface area contributed by atoms with Crippen LogP contribution < -0.4 is 5.32 Å². The fourth-order valence-corrected chi connectivity index (χ4v) is 3.07. The number of carbonyl (C=O) groups excluding carboxylic acids is 2. The lowest BCUT2D eigenvalue weighted by Crippen LogP contribution is -2.47. The summed E-state index contributed by atoms with van der Waals surface area (Å²) in [4.78, 5) is 29.6. The monoisotopic (exact) mass is 322 g/mol. The summed E-state index contributed by atoms with van der Waals surface area (Å²) in [6, 6.07) is 0. The van der Waals surface area contributed by atoms with E-state index in [1.165, 1.54) is 0 Å². The number of hydrogen-bond donors (Lipinski definition) is 1. The van der Waals surface area contributed by atoms with E-state index in [1.54, 1.807) is 25.1 Å². The number of likely N-dealkylation sites (tertiary alicyclic amines) is 1. The Morgan fingerprint density at radius 3 is 2.87 bits per heavy atom. The first-order chi connectivity index (χ1) is 11.0. The Morgan fingerprint density at radius 1 is 1.48 bits per heavy atom. The van der Waals surface area contributed by atoms with E-state index in [-0.39, 0.29) is 23.8 Å². The second kappa shape index (κ2) is 8.10. The van der Waals surface area contributed by atoms with Crippen LogP contribution in [0.2, 0.25) is 0 Å². The molecule has 0 saturated carbocycles. The third kappa shape index (κ3) is 4.79. The van der Waals surface area contributed by atoms with Crippen molar-refractivity contribution < 1.29 is 14.3 Å². The highest BCUT2D eigenvalue weighted by atomic mass is 16.5. The highest BCUT2D eigenvalue weighted by Gasteiger charge is 2.31. The molecule has 23 heavy (non-hydrogen) atoms. The number of nitrogens with zero attached hydrogens (tertiary/aromatic N) is 3. The van der Waals surface area contributed by atoms with Crippen LogP contribution in [0.1, 0.15) is 25.6 Å². The van der Waals surface area contributed by atoms with Crippen LogP contribution >= 0.6 is 0 Å². The molecule has 0 aliphatic carbocycles. The van der Waals surface area contributed by atoms with E-state index >= 15 is 0 Å². The zero-order valence-electron chi connectivity index (χ0n) is 14.1. The lowest BCUT2D eigenvalue weighted by Gasteiger charge is -2.37. The molecule has 1 N–H and O–H groups in total. The molecule has 1 aliphatic rings. The first-order valence-corrected chi connectivity index (χ1v) is 8.04. The maximum absolute atomic E-state index is 12.2. The molecule has 2 atom stereocenters. The average Bonchev–Trinajstić information content (AvgIpc) is 2.92. The minimum absolute atomic E-state index is 0.000204. The number of aromatic nitrogens is 2. The number of imidazole rings is 1. The van der Waals surface area contributed by atoms with E-state index in [2.05, 4.69) is 10.3 Å². The zero-order chi connectivity index (χ0) is 16.8. The van der Waals surface area contributed by atoms with Crippen molar-refractivity contribution in [3.8, 4) is 0 Å². The summed E-state index contributed by atoms with van der Waals surface area (Å²) in [5, 5.41) is 2.94. The minimum Gasteiger partial charge on any atom is -0.381 e. The summed E-state index contributed by atoms with van der Waals surface area (Å²) in [7, 11) is 1.67. The first kappa shape index (κ1) is 17.5. The Bertz CT molecular complexity index is 543. The summed E-state index contributed by atoms with van der Waals surface area (Å²) >= 11 is 0. The fraction of sp³-hybridized carbons (Fsp3) is 0.688. The van der Waals surface area contributed by atoms with E-state index in [9.17, 15) is 9.59 Å². The van der Waals surface area contributed by atoms with Gasteiger partial charge in [-0.05, 0) is 13.3 Å².